The average Bonchev–Trinajstić information content (AvgIpc) is 2.71. The van der Waals surface area contributed by atoms with E-state index in [1.54, 1.807) is 0 Å². The van der Waals surface area contributed by atoms with E-state index >= 15 is 0 Å². The third-order valence-corrected chi connectivity index (χ3v) is 3.77. The van der Waals surface area contributed by atoms with Gasteiger partial charge in [-0.15, -0.1) is 4.91 Å². The van der Waals surface area contributed by atoms with Crippen molar-refractivity contribution in [1.29, 1.82) is 0 Å². The summed E-state index contributed by atoms with van der Waals surface area (Å²) in [5.41, 5.74) is 3.33. The molecule has 0 fully saturated rings. The molecule has 0 radical (unpaired) electrons. The number of fused-ring (bicyclic) bond motifs is 1. The van der Waals surface area contributed by atoms with Crippen molar-refractivity contribution in [2.75, 3.05) is 0 Å². The predicted molar refractivity (Wildman–Crippen MR) is 81.5 cm³/mol. The van der Waals surface area contributed by atoms with E-state index in [-0.39, 0.29) is 0 Å². The van der Waals surface area contributed by atoms with Crippen LogP contribution in [0.3, 0.4) is 0 Å². The molecule has 0 aliphatic rings. The monoisotopic (exact) mass is 314 g/mol. The first-order valence-corrected chi connectivity index (χ1v) is 6.68. The van der Waals surface area contributed by atoms with Crippen molar-refractivity contribution < 1.29 is 0 Å². The van der Waals surface area contributed by atoms with Crippen molar-refractivity contribution >= 4 is 32.5 Å². The Bertz CT molecular complexity index is 763. The Morgan fingerprint density at radius 1 is 1.11 bits per heavy atom. The Hall–Kier alpha value is -1.94. The molecule has 3 nitrogen and oxygen atoms in total. The zero-order valence-electron chi connectivity index (χ0n) is 10.3. The minimum absolute atomic E-state index is 0.491. The first-order valence-electron chi connectivity index (χ1n) is 5.89. The van der Waals surface area contributed by atoms with Crippen molar-refractivity contribution in [2.24, 2.45) is 12.2 Å². The summed E-state index contributed by atoms with van der Waals surface area (Å²) in [6, 6.07) is 15.7. The fourth-order valence-corrected chi connectivity index (χ4v) is 2.78. The van der Waals surface area contributed by atoms with E-state index in [2.05, 4.69) is 21.1 Å². The van der Waals surface area contributed by atoms with Crippen LogP contribution < -0.4 is 0 Å². The lowest BCUT2D eigenvalue weighted by Gasteiger charge is -2.04. The molecule has 0 amide bonds. The number of aryl methyl sites for hydroxylation is 1. The van der Waals surface area contributed by atoms with Crippen molar-refractivity contribution in [3.63, 3.8) is 0 Å². The molecule has 0 aliphatic heterocycles. The fourth-order valence-electron chi connectivity index (χ4n) is 2.42. The summed E-state index contributed by atoms with van der Waals surface area (Å²) in [7, 11) is 1.95. The van der Waals surface area contributed by atoms with E-state index in [0.29, 0.717) is 5.69 Å². The Balaban J connectivity index is 2.42. The standard InChI is InChI=1S/C15H11BrN2O/c1-18-13-8-7-11(16)9-12(13)14(17-19)15(18)10-5-3-2-4-6-10/h2-9H,1H3. The van der Waals surface area contributed by atoms with E-state index < -0.39 is 0 Å². The van der Waals surface area contributed by atoms with Crippen molar-refractivity contribution in [1.82, 2.24) is 4.57 Å². The number of nitroso groups, excluding NO2 is 1. The molecule has 4 heteroatoms. The van der Waals surface area contributed by atoms with Crippen LogP contribution in [-0.2, 0) is 7.05 Å². The molecule has 0 N–H and O–H groups in total. The molecule has 2 aromatic carbocycles. The average molecular weight is 315 g/mol. The van der Waals surface area contributed by atoms with Gasteiger partial charge in [-0.1, -0.05) is 46.3 Å². The fraction of sp³-hybridized carbons (Fsp3) is 0.0667. The highest BCUT2D eigenvalue weighted by atomic mass is 79.9. The minimum atomic E-state index is 0.491. The summed E-state index contributed by atoms with van der Waals surface area (Å²) in [6.45, 7) is 0. The van der Waals surface area contributed by atoms with Crippen molar-refractivity contribution in [3.05, 3.63) is 57.9 Å². The Morgan fingerprint density at radius 3 is 2.53 bits per heavy atom. The van der Waals surface area contributed by atoms with Crippen LogP contribution in [0.2, 0.25) is 0 Å². The van der Waals surface area contributed by atoms with Gasteiger partial charge in [0.25, 0.3) is 0 Å². The van der Waals surface area contributed by atoms with Gasteiger partial charge >= 0.3 is 0 Å². The zero-order valence-corrected chi connectivity index (χ0v) is 11.9. The third kappa shape index (κ3) is 1.88. The van der Waals surface area contributed by atoms with Gasteiger partial charge in [0, 0.05) is 22.5 Å². The van der Waals surface area contributed by atoms with Crippen LogP contribution in [-0.4, -0.2) is 4.57 Å². The molecule has 0 unspecified atom stereocenters. The number of rotatable bonds is 2. The SMILES string of the molecule is Cn1c(-c2ccccc2)c(N=O)c2cc(Br)ccc21. The molecule has 0 saturated carbocycles. The molecule has 0 bridgehead atoms. The molecule has 0 atom stereocenters. The van der Waals surface area contributed by atoms with Gasteiger partial charge in [0.15, 0.2) is 0 Å². The highest BCUT2D eigenvalue weighted by molar-refractivity contribution is 9.10. The van der Waals surface area contributed by atoms with Crippen molar-refractivity contribution in [3.8, 4) is 11.3 Å². The zero-order chi connectivity index (χ0) is 13.4. The normalized spacial score (nSPS) is 10.8. The summed E-state index contributed by atoms with van der Waals surface area (Å²) in [5.74, 6) is 0. The van der Waals surface area contributed by atoms with Gasteiger partial charge in [-0.25, -0.2) is 0 Å². The largest absolute Gasteiger partial charge is 0.342 e. The molecule has 19 heavy (non-hydrogen) atoms. The van der Waals surface area contributed by atoms with Crippen LogP contribution in [0.4, 0.5) is 5.69 Å². The third-order valence-electron chi connectivity index (χ3n) is 3.27. The quantitative estimate of drug-likeness (QED) is 0.612. The van der Waals surface area contributed by atoms with Gasteiger partial charge in [-0.2, -0.15) is 0 Å². The summed E-state index contributed by atoms with van der Waals surface area (Å²) in [4.78, 5) is 11.3. The molecule has 94 valence electrons. The number of benzene rings is 2. The van der Waals surface area contributed by atoms with E-state index in [0.717, 1.165) is 26.6 Å². The van der Waals surface area contributed by atoms with Crippen molar-refractivity contribution in [2.45, 2.75) is 0 Å². The number of halogens is 1. The van der Waals surface area contributed by atoms with E-state index in [9.17, 15) is 4.91 Å². The molecule has 1 heterocycles. The van der Waals surface area contributed by atoms with Gasteiger partial charge in [-0.05, 0) is 23.4 Å². The first kappa shape index (κ1) is 12.1. The smallest absolute Gasteiger partial charge is 0.141 e. The molecule has 1 aromatic heterocycles. The number of nitrogens with zero attached hydrogens (tertiary/aromatic N) is 2. The van der Waals surface area contributed by atoms with E-state index in [1.165, 1.54) is 0 Å². The maximum atomic E-state index is 11.3. The second-order valence-corrected chi connectivity index (χ2v) is 5.29. The van der Waals surface area contributed by atoms with Gasteiger partial charge in [0.2, 0.25) is 0 Å². The second-order valence-electron chi connectivity index (χ2n) is 4.38. The molecular formula is C15H11BrN2O. The summed E-state index contributed by atoms with van der Waals surface area (Å²) in [5, 5.41) is 4.11. The van der Waals surface area contributed by atoms with Gasteiger partial charge in [0.1, 0.15) is 5.69 Å². The van der Waals surface area contributed by atoms with Gasteiger partial charge < -0.3 is 4.57 Å². The summed E-state index contributed by atoms with van der Waals surface area (Å²) in [6.07, 6.45) is 0. The topological polar surface area (TPSA) is 34.4 Å². The van der Waals surface area contributed by atoms with E-state index in [4.69, 9.17) is 0 Å². The Morgan fingerprint density at radius 2 is 1.84 bits per heavy atom. The van der Waals surface area contributed by atoms with Crippen LogP contribution in [0.5, 0.6) is 0 Å². The Kier molecular flexibility index (Phi) is 2.95. The summed E-state index contributed by atoms with van der Waals surface area (Å²) < 4.78 is 2.95. The first-order chi connectivity index (χ1) is 9.22. The second kappa shape index (κ2) is 4.63. The molecule has 0 saturated heterocycles. The highest BCUT2D eigenvalue weighted by Crippen LogP contribution is 2.40. The van der Waals surface area contributed by atoms with Crippen LogP contribution in [0, 0.1) is 4.91 Å². The molecule has 3 aromatic rings. The lowest BCUT2D eigenvalue weighted by Crippen LogP contribution is -1.90. The van der Waals surface area contributed by atoms with Crippen LogP contribution in [0.1, 0.15) is 0 Å². The number of aromatic nitrogens is 1. The highest BCUT2D eigenvalue weighted by Gasteiger charge is 2.17. The van der Waals surface area contributed by atoms with Crippen LogP contribution in [0.25, 0.3) is 22.2 Å². The minimum Gasteiger partial charge on any atom is -0.342 e. The van der Waals surface area contributed by atoms with Crippen LogP contribution in [0.15, 0.2) is 58.2 Å². The van der Waals surface area contributed by atoms with Gasteiger partial charge in [0.05, 0.1) is 11.2 Å². The maximum absolute atomic E-state index is 11.3. The molecular weight excluding hydrogens is 304 g/mol. The summed E-state index contributed by atoms with van der Waals surface area (Å²) >= 11 is 3.43. The molecule has 3 rings (SSSR count). The molecule has 0 spiro atoms. The number of hydrogen-bond donors (Lipinski definition) is 0. The Labute approximate surface area is 119 Å². The van der Waals surface area contributed by atoms with Gasteiger partial charge in [-0.3, -0.25) is 0 Å². The lowest BCUT2D eigenvalue weighted by atomic mass is 10.1. The maximum Gasteiger partial charge on any atom is 0.141 e. The van der Waals surface area contributed by atoms with E-state index in [1.807, 2.05) is 60.1 Å². The lowest BCUT2D eigenvalue weighted by molar-refractivity contribution is 0.977. The molecule has 0 aliphatic carbocycles. The number of hydrogen-bond acceptors (Lipinski definition) is 2. The predicted octanol–water partition coefficient (Wildman–Crippen LogP) is 5.01. The van der Waals surface area contributed by atoms with Crippen LogP contribution >= 0.6 is 15.9 Å².